The van der Waals surface area contributed by atoms with Crippen LogP contribution in [-0.4, -0.2) is 37.1 Å². The summed E-state index contributed by atoms with van der Waals surface area (Å²) < 4.78 is 9.01. The van der Waals surface area contributed by atoms with Crippen LogP contribution >= 0.6 is 0 Å². The minimum absolute atomic E-state index is 0.0236. The molecule has 2 heterocycles. The number of hydrogen-bond acceptors (Lipinski definition) is 5. The van der Waals surface area contributed by atoms with Crippen LogP contribution < -0.4 is 4.74 Å². The molecule has 33 heavy (non-hydrogen) atoms. The SMILES string of the molecule is COc1cccc(C(C)(C)C)c1-n1ccnn1.Cc1cn(-c2ccccc2C(C)(C)C)nn1. The van der Waals surface area contributed by atoms with Gasteiger partial charge in [0.25, 0.3) is 0 Å². The molecule has 2 aromatic carbocycles. The largest absolute Gasteiger partial charge is 0.494 e. The Morgan fingerprint density at radius 2 is 1.45 bits per heavy atom. The quantitative estimate of drug-likeness (QED) is 0.419. The topological polar surface area (TPSA) is 70.7 Å². The lowest BCUT2D eigenvalue weighted by atomic mass is 9.85. The van der Waals surface area contributed by atoms with Crippen molar-refractivity contribution >= 4 is 0 Å². The predicted octanol–water partition coefficient (Wildman–Crippen LogP) is 5.45. The number of ether oxygens (including phenoxy) is 1. The number of nitrogens with zero attached hydrogens (tertiary/aromatic N) is 6. The molecule has 0 N–H and O–H groups in total. The highest BCUT2D eigenvalue weighted by atomic mass is 16.5. The monoisotopic (exact) mass is 446 g/mol. The van der Waals surface area contributed by atoms with Crippen molar-refractivity contribution in [2.75, 3.05) is 7.11 Å². The number of rotatable bonds is 3. The molecule has 2 aromatic heterocycles. The third-order valence-electron chi connectivity index (χ3n) is 5.25. The Morgan fingerprint density at radius 3 is 2.00 bits per heavy atom. The van der Waals surface area contributed by atoms with Crippen molar-refractivity contribution in [2.24, 2.45) is 0 Å². The highest BCUT2D eigenvalue weighted by Crippen LogP contribution is 2.34. The Balaban J connectivity index is 0.000000186. The number of aryl methyl sites for hydroxylation is 1. The highest BCUT2D eigenvalue weighted by Gasteiger charge is 2.22. The van der Waals surface area contributed by atoms with Crippen LogP contribution in [0.25, 0.3) is 11.4 Å². The van der Waals surface area contributed by atoms with Crippen molar-refractivity contribution in [2.45, 2.75) is 59.3 Å². The highest BCUT2D eigenvalue weighted by molar-refractivity contribution is 5.54. The standard InChI is InChI=1S/C13H17N3O.C13H17N3/c1-13(2,3)10-6-5-7-11(17-4)12(10)16-9-8-14-15-16;1-10-9-16(15-14-10)12-8-6-5-7-11(12)13(2,3)4/h5-9H,1-4H3;5-9H,1-4H3. The Bertz CT molecular complexity index is 1180. The van der Waals surface area contributed by atoms with Gasteiger partial charge in [-0.25, -0.2) is 9.36 Å². The van der Waals surface area contributed by atoms with Gasteiger partial charge >= 0.3 is 0 Å². The van der Waals surface area contributed by atoms with Crippen molar-refractivity contribution in [1.29, 1.82) is 0 Å². The fourth-order valence-corrected chi connectivity index (χ4v) is 3.63. The van der Waals surface area contributed by atoms with Gasteiger partial charge in [0.15, 0.2) is 0 Å². The lowest BCUT2D eigenvalue weighted by Crippen LogP contribution is -2.16. The zero-order chi connectivity index (χ0) is 24.2. The van der Waals surface area contributed by atoms with E-state index in [0.29, 0.717) is 0 Å². The molecule has 0 atom stereocenters. The summed E-state index contributed by atoms with van der Waals surface area (Å²) in [5.74, 6) is 0.808. The van der Waals surface area contributed by atoms with E-state index in [-0.39, 0.29) is 10.8 Å². The van der Waals surface area contributed by atoms with Crippen LogP contribution in [0.15, 0.2) is 61.1 Å². The molecule has 7 heteroatoms. The maximum Gasteiger partial charge on any atom is 0.144 e. The Morgan fingerprint density at radius 1 is 0.788 bits per heavy atom. The van der Waals surface area contributed by atoms with Crippen molar-refractivity contribution in [3.05, 3.63) is 77.9 Å². The Hall–Kier alpha value is -3.48. The van der Waals surface area contributed by atoms with E-state index in [0.717, 1.165) is 22.8 Å². The Labute approximate surface area is 196 Å². The minimum Gasteiger partial charge on any atom is -0.494 e. The molecule has 0 saturated carbocycles. The van der Waals surface area contributed by atoms with Crippen LogP contribution in [0.3, 0.4) is 0 Å². The molecule has 0 aliphatic rings. The first-order chi connectivity index (χ1) is 15.5. The van der Waals surface area contributed by atoms with Gasteiger partial charge in [0.05, 0.1) is 37.1 Å². The molecule has 0 spiro atoms. The average Bonchev–Trinajstić information content (AvgIpc) is 3.44. The van der Waals surface area contributed by atoms with Gasteiger partial charge in [-0.15, -0.1) is 10.2 Å². The second-order valence-corrected chi connectivity index (χ2v) is 10.0. The normalized spacial score (nSPS) is 11.6. The van der Waals surface area contributed by atoms with Crippen molar-refractivity contribution in [3.8, 4) is 17.1 Å². The summed E-state index contributed by atoms with van der Waals surface area (Å²) in [4.78, 5) is 0. The van der Waals surface area contributed by atoms with E-state index in [4.69, 9.17) is 4.74 Å². The van der Waals surface area contributed by atoms with Gasteiger partial charge in [-0.1, -0.05) is 82.3 Å². The molecule has 0 saturated heterocycles. The molecule has 174 valence electrons. The lowest BCUT2D eigenvalue weighted by molar-refractivity contribution is 0.408. The third kappa shape index (κ3) is 5.66. The van der Waals surface area contributed by atoms with Crippen LogP contribution in [0.4, 0.5) is 0 Å². The Kier molecular flexibility index (Phi) is 7.01. The smallest absolute Gasteiger partial charge is 0.144 e. The zero-order valence-corrected chi connectivity index (χ0v) is 20.9. The first-order valence-corrected chi connectivity index (χ1v) is 11.1. The van der Waals surface area contributed by atoms with E-state index in [1.165, 1.54) is 11.1 Å². The van der Waals surface area contributed by atoms with Crippen LogP contribution in [0.5, 0.6) is 5.75 Å². The molecule has 7 nitrogen and oxygen atoms in total. The number of aromatic nitrogens is 6. The second kappa shape index (κ2) is 9.57. The van der Waals surface area contributed by atoms with E-state index in [9.17, 15) is 0 Å². The van der Waals surface area contributed by atoms with E-state index >= 15 is 0 Å². The van der Waals surface area contributed by atoms with Gasteiger partial charge in [-0.3, -0.25) is 0 Å². The van der Waals surface area contributed by atoms with Gasteiger partial charge in [-0.05, 0) is 41.0 Å². The van der Waals surface area contributed by atoms with E-state index in [1.807, 2.05) is 42.2 Å². The van der Waals surface area contributed by atoms with Gasteiger partial charge in [-0.2, -0.15) is 0 Å². The summed E-state index contributed by atoms with van der Waals surface area (Å²) in [6.45, 7) is 15.1. The molecule has 0 amide bonds. The molecule has 0 aliphatic heterocycles. The molecule has 0 fully saturated rings. The van der Waals surface area contributed by atoms with Crippen LogP contribution in [0.2, 0.25) is 0 Å². The summed E-state index contributed by atoms with van der Waals surface area (Å²) in [6, 6.07) is 14.3. The van der Waals surface area contributed by atoms with Crippen LogP contribution in [0, 0.1) is 6.92 Å². The molecular weight excluding hydrogens is 412 g/mol. The van der Waals surface area contributed by atoms with E-state index in [2.05, 4.69) is 86.4 Å². The van der Waals surface area contributed by atoms with Crippen molar-refractivity contribution in [3.63, 3.8) is 0 Å². The summed E-state index contributed by atoms with van der Waals surface area (Å²) in [7, 11) is 1.67. The number of para-hydroxylation sites is 2. The predicted molar refractivity (Wildman–Crippen MR) is 131 cm³/mol. The van der Waals surface area contributed by atoms with Gasteiger partial charge in [0.1, 0.15) is 11.4 Å². The fourth-order valence-electron chi connectivity index (χ4n) is 3.63. The first-order valence-electron chi connectivity index (χ1n) is 11.1. The van der Waals surface area contributed by atoms with Crippen molar-refractivity contribution < 1.29 is 4.74 Å². The molecule has 4 rings (SSSR count). The molecule has 0 radical (unpaired) electrons. The summed E-state index contributed by atoms with van der Waals surface area (Å²) in [5, 5.41) is 16.1. The molecular formula is C26H34N6O. The van der Waals surface area contributed by atoms with Crippen LogP contribution in [0.1, 0.15) is 58.4 Å². The third-order valence-corrected chi connectivity index (χ3v) is 5.25. The van der Waals surface area contributed by atoms with E-state index in [1.54, 1.807) is 18.0 Å². The zero-order valence-electron chi connectivity index (χ0n) is 20.9. The first kappa shape index (κ1) is 24.2. The second-order valence-electron chi connectivity index (χ2n) is 10.0. The fraction of sp³-hybridized carbons (Fsp3) is 0.385. The van der Waals surface area contributed by atoms with Gasteiger partial charge in [0.2, 0.25) is 0 Å². The molecule has 0 aliphatic carbocycles. The molecule has 4 aromatic rings. The summed E-state index contributed by atoms with van der Waals surface area (Å²) >= 11 is 0. The van der Waals surface area contributed by atoms with E-state index < -0.39 is 0 Å². The number of hydrogen-bond donors (Lipinski definition) is 0. The maximum atomic E-state index is 5.42. The number of methoxy groups -OCH3 is 1. The van der Waals surface area contributed by atoms with Gasteiger partial charge < -0.3 is 4.74 Å². The van der Waals surface area contributed by atoms with Crippen LogP contribution in [-0.2, 0) is 10.8 Å². The lowest BCUT2D eigenvalue weighted by Gasteiger charge is -2.23. The van der Waals surface area contributed by atoms with Gasteiger partial charge in [0, 0.05) is 0 Å². The number of benzene rings is 2. The maximum absolute atomic E-state index is 5.42. The van der Waals surface area contributed by atoms with Crippen molar-refractivity contribution in [1.82, 2.24) is 30.0 Å². The molecule has 0 unspecified atom stereocenters. The summed E-state index contributed by atoms with van der Waals surface area (Å²) in [5.41, 5.74) is 5.59. The molecule has 0 bridgehead atoms. The summed E-state index contributed by atoms with van der Waals surface area (Å²) in [6.07, 6.45) is 5.44. The minimum atomic E-state index is 0.0236. The average molecular weight is 447 g/mol.